The summed E-state index contributed by atoms with van der Waals surface area (Å²) in [6.45, 7) is 0. The van der Waals surface area contributed by atoms with Crippen LogP contribution in [0.5, 0.6) is 11.6 Å². The Balaban J connectivity index is 2.27. The minimum atomic E-state index is 0.169. The van der Waals surface area contributed by atoms with Gasteiger partial charge in [-0.1, -0.05) is 11.6 Å². The topological polar surface area (TPSA) is 61.0 Å². The second-order valence-electron chi connectivity index (χ2n) is 2.93. The molecular formula is C10H7BrClN3O. The van der Waals surface area contributed by atoms with Crippen molar-refractivity contribution in [2.45, 2.75) is 0 Å². The van der Waals surface area contributed by atoms with Gasteiger partial charge in [-0.2, -0.15) is 4.98 Å². The molecule has 0 amide bonds. The molecule has 1 heterocycles. The molecule has 0 aliphatic rings. The van der Waals surface area contributed by atoms with E-state index in [1.54, 1.807) is 24.3 Å². The summed E-state index contributed by atoms with van der Waals surface area (Å²) in [6.07, 6.45) is 1.53. The van der Waals surface area contributed by atoms with Gasteiger partial charge in [0.05, 0.1) is 4.47 Å². The van der Waals surface area contributed by atoms with Crippen LogP contribution < -0.4 is 10.5 Å². The van der Waals surface area contributed by atoms with Gasteiger partial charge in [0.1, 0.15) is 5.75 Å². The van der Waals surface area contributed by atoms with Gasteiger partial charge >= 0.3 is 0 Å². The predicted molar refractivity (Wildman–Crippen MR) is 65.7 cm³/mol. The van der Waals surface area contributed by atoms with E-state index in [-0.39, 0.29) is 5.95 Å². The van der Waals surface area contributed by atoms with E-state index >= 15 is 0 Å². The Hall–Kier alpha value is -1.33. The molecule has 2 aromatic rings. The lowest BCUT2D eigenvalue weighted by Crippen LogP contribution is -1.96. The minimum Gasteiger partial charge on any atom is -0.438 e. The maximum Gasteiger partial charge on any atom is 0.224 e. The average Bonchev–Trinajstić information content (AvgIpc) is 2.22. The van der Waals surface area contributed by atoms with Crippen molar-refractivity contribution in [1.29, 1.82) is 0 Å². The summed E-state index contributed by atoms with van der Waals surface area (Å²) in [6, 6.07) is 6.83. The Labute approximate surface area is 106 Å². The molecule has 2 N–H and O–H groups in total. The quantitative estimate of drug-likeness (QED) is 0.924. The number of anilines is 1. The van der Waals surface area contributed by atoms with Gasteiger partial charge in [0, 0.05) is 17.3 Å². The number of hydrogen-bond acceptors (Lipinski definition) is 4. The van der Waals surface area contributed by atoms with Crippen molar-refractivity contribution < 1.29 is 4.74 Å². The van der Waals surface area contributed by atoms with E-state index in [1.807, 2.05) is 0 Å². The van der Waals surface area contributed by atoms with Gasteiger partial charge in [0.25, 0.3) is 0 Å². The molecule has 0 aliphatic heterocycles. The van der Waals surface area contributed by atoms with Crippen LogP contribution in [0.25, 0.3) is 0 Å². The van der Waals surface area contributed by atoms with E-state index in [2.05, 4.69) is 25.9 Å². The van der Waals surface area contributed by atoms with Crippen molar-refractivity contribution in [3.05, 3.63) is 40.0 Å². The standard InChI is InChI=1S/C10H7BrClN3O/c11-7-5-6(12)1-2-8(7)16-9-3-4-14-10(13)15-9/h1-5H,(H2,13,14,15). The highest BCUT2D eigenvalue weighted by Crippen LogP contribution is 2.31. The number of nitrogens with zero attached hydrogens (tertiary/aromatic N) is 2. The highest BCUT2D eigenvalue weighted by Gasteiger charge is 2.04. The number of rotatable bonds is 2. The minimum absolute atomic E-state index is 0.169. The van der Waals surface area contributed by atoms with Crippen LogP contribution >= 0.6 is 27.5 Å². The van der Waals surface area contributed by atoms with Crippen LogP contribution in [0.2, 0.25) is 5.02 Å². The Kier molecular flexibility index (Phi) is 3.26. The number of nitrogens with two attached hydrogens (primary N) is 1. The Bertz CT molecular complexity index is 521. The molecule has 0 bridgehead atoms. The normalized spacial score (nSPS) is 10.1. The number of benzene rings is 1. The lowest BCUT2D eigenvalue weighted by molar-refractivity contribution is 0.460. The number of ether oxygens (including phenoxy) is 1. The third-order valence-electron chi connectivity index (χ3n) is 1.76. The van der Waals surface area contributed by atoms with Crippen LogP contribution in [0, 0.1) is 0 Å². The molecule has 2 rings (SSSR count). The summed E-state index contributed by atoms with van der Waals surface area (Å²) in [5.41, 5.74) is 5.44. The second-order valence-corrected chi connectivity index (χ2v) is 4.22. The lowest BCUT2D eigenvalue weighted by atomic mass is 10.3. The van der Waals surface area contributed by atoms with Crippen molar-refractivity contribution in [2.75, 3.05) is 5.73 Å². The van der Waals surface area contributed by atoms with E-state index in [1.165, 1.54) is 6.20 Å². The first-order valence-corrected chi connectivity index (χ1v) is 5.53. The highest BCUT2D eigenvalue weighted by molar-refractivity contribution is 9.10. The zero-order valence-electron chi connectivity index (χ0n) is 8.02. The molecule has 0 saturated heterocycles. The van der Waals surface area contributed by atoms with Crippen molar-refractivity contribution in [2.24, 2.45) is 0 Å². The number of aromatic nitrogens is 2. The monoisotopic (exact) mass is 299 g/mol. The molecule has 0 radical (unpaired) electrons. The van der Waals surface area contributed by atoms with Crippen LogP contribution in [0.3, 0.4) is 0 Å². The predicted octanol–water partition coefficient (Wildman–Crippen LogP) is 3.27. The smallest absolute Gasteiger partial charge is 0.224 e. The molecule has 0 saturated carbocycles. The zero-order valence-corrected chi connectivity index (χ0v) is 10.4. The SMILES string of the molecule is Nc1nccc(Oc2ccc(Cl)cc2Br)n1. The summed E-state index contributed by atoms with van der Waals surface area (Å²) < 4.78 is 6.26. The molecule has 4 nitrogen and oxygen atoms in total. The van der Waals surface area contributed by atoms with Crippen molar-refractivity contribution >= 4 is 33.5 Å². The number of nitrogen functional groups attached to an aromatic ring is 1. The van der Waals surface area contributed by atoms with Crippen LogP contribution in [-0.2, 0) is 0 Å². The summed E-state index contributed by atoms with van der Waals surface area (Å²) in [5, 5.41) is 0.626. The average molecular weight is 301 g/mol. The van der Waals surface area contributed by atoms with Gasteiger partial charge in [-0.25, -0.2) is 4.98 Å². The first-order chi connectivity index (χ1) is 7.65. The third-order valence-corrected chi connectivity index (χ3v) is 2.61. The summed E-state index contributed by atoms with van der Waals surface area (Å²) in [4.78, 5) is 7.69. The lowest BCUT2D eigenvalue weighted by Gasteiger charge is -2.06. The van der Waals surface area contributed by atoms with Gasteiger partial charge in [-0.05, 0) is 34.1 Å². The molecule has 82 valence electrons. The summed E-state index contributed by atoms with van der Waals surface area (Å²) in [5.74, 6) is 1.17. The van der Waals surface area contributed by atoms with Crippen molar-refractivity contribution in [3.8, 4) is 11.6 Å². The van der Waals surface area contributed by atoms with Crippen LogP contribution in [0.15, 0.2) is 34.9 Å². The molecule has 0 unspecified atom stereocenters. The molecular weight excluding hydrogens is 293 g/mol. The molecule has 0 fully saturated rings. The van der Waals surface area contributed by atoms with Crippen molar-refractivity contribution in [3.63, 3.8) is 0 Å². The summed E-state index contributed by atoms with van der Waals surface area (Å²) in [7, 11) is 0. The fourth-order valence-corrected chi connectivity index (χ4v) is 1.85. The van der Waals surface area contributed by atoms with E-state index < -0.39 is 0 Å². The first kappa shape index (κ1) is 11.2. The van der Waals surface area contributed by atoms with Crippen molar-refractivity contribution in [1.82, 2.24) is 9.97 Å². The maximum atomic E-state index is 5.81. The molecule has 1 aromatic heterocycles. The Morgan fingerprint density at radius 3 is 2.81 bits per heavy atom. The molecule has 6 heteroatoms. The molecule has 16 heavy (non-hydrogen) atoms. The molecule has 0 spiro atoms. The Morgan fingerprint density at radius 2 is 2.12 bits per heavy atom. The van der Waals surface area contributed by atoms with E-state index in [0.717, 1.165) is 4.47 Å². The molecule has 0 aliphatic carbocycles. The van der Waals surface area contributed by atoms with Gasteiger partial charge in [0.2, 0.25) is 11.8 Å². The molecule has 0 atom stereocenters. The third kappa shape index (κ3) is 2.62. The van der Waals surface area contributed by atoms with E-state index in [0.29, 0.717) is 16.7 Å². The number of halogens is 2. The summed E-state index contributed by atoms with van der Waals surface area (Å²) >= 11 is 9.15. The largest absolute Gasteiger partial charge is 0.438 e. The van der Waals surface area contributed by atoms with Gasteiger partial charge in [-0.3, -0.25) is 0 Å². The molecule has 1 aromatic carbocycles. The van der Waals surface area contributed by atoms with E-state index in [4.69, 9.17) is 22.1 Å². The second kappa shape index (κ2) is 4.67. The van der Waals surface area contributed by atoms with Crippen LogP contribution in [0.1, 0.15) is 0 Å². The zero-order chi connectivity index (χ0) is 11.5. The van der Waals surface area contributed by atoms with Gasteiger partial charge in [-0.15, -0.1) is 0 Å². The highest BCUT2D eigenvalue weighted by atomic mass is 79.9. The fraction of sp³-hybridized carbons (Fsp3) is 0. The van der Waals surface area contributed by atoms with Crippen LogP contribution in [0.4, 0.5) is 5.95 Å². The van der Waals surface area contributed by atoms with E-state index in [9.17, 15) is 0 Å². The van der Waals surface area contributed by atoms with Gasteiger partial charge < -0.3 is 10.5 Å². The van der Waals surface area contributed by atoms with Gasteiger partial charge in [0.15, 0.2) is 0 Å². The van der Waals surface area contributed by atoms with Crippen LogP contribution in [-0.4, -0.2) is 9.97 Å². The first-order valence-electron chi connectivity index (χ1n) is 4.36. The Morgan fingerprint density at radius 1 is 1.31 bits per heavy atom. The fourth-order valence-electron chi connectivity index (χ4n) is 1.08. The maximum absolute atomic E-state index is 5.81. The number of hydrogen-bond donors (Lipinski definition) is 1.